The Morgan fingerprint density at radius 2 is 0.897 bits per heavy atom. The van der Waals surface area contributed by atoms with Gasteiger partial charge < -0.3 is 4.74 Å². The summed E-state index contributed by atoms with van der Waals surface area (Å²) in [5.74, 6) is -0.0648. The number of rotatable bonds is 23. The molecule has 0 aliphatic carbocycles. The van der Waals surface area contributed by atoms with Gasteiger partial charge in [-0.25, -0.2) is 0 Å². The molecule has 29 heavy (non-hydrogen) atoms. The molecule has 0 saturated carbocycles. The molecule has 0 amide bonds. The third-order valence-corrected chi connectivity index (χ3v) is 5.87. The molecule has 0 aromatic rings. The van der Waals surface area contributed by atoms with E-state index in [1.54, 1.807) is 0 Å². The van der Waals surface area contributed by atoms with Crippen molar-refractivity contribution in [3.05, 3.63) is 12.2 Å². The Kier molecular flexibility index (Phi) is 24.6. The van der Waals surface area contributed by atoms with Crippen LogP contribution in [0.25, 0.3) is 0 Å². The van der Waals surface area contributed by atoms with Crippen LogP contribution in [0.5, 0.6) is 0 Å². The summed E-state index contributed by atoms with van der Waals surface area (Å²) in [5.41, 5.74) is 0. The van der Waals surface area contributed by atoms with Gasteiger partial charge in [-0.3, -0.25) is 4.79 Å². The van der Waals surface area contributed by atoms with Gasteiger partial charge in [0.05, 0.1) is 7.11 Å². The first-order valence-corrected chi connectivity index (χ1v) is 13.0. The van der Waals surface area contributed by atoms with Crippen LogP contribution in [0, 0.1) is 0 Å². The molecular formula is C27H52O2. The molecule has 0 aromatic carbocycles. The van der Waals surface area contributed by atoms with E-state index in [1.807, 2.05) is 0 Å². The van der Waals surface area contributed by atoms with E-state index in [0.29, 0.717) is 6.42 Å². The van der Waals surface area contributed by atoms with E-state index in [2.05, 4.69) is 23.8 Å². The zero-order valence-corrected chi connectivity index (χ0v) is 20.0. The molecule has 2 heteroatoms. The third-order valence-electron chi connectivity index (χ3n) is 5.87. The maximum atomic E-state index is 11.0. The summed E-state index contributed by atoms with van der Waals surface area (Å²) in [6, 6.07) is 0. The Labute approximate surface area is 183 Å². The highest BCUT2D eigenvalue weighted by atomic mass is 16.5. The van der Waals surface area contributed by atoms with Crippen LogP contribution in [0.1, 0.15) is 148 Å². The fourth-order valence-electron chi connectivity index (χ4n) is 3.86. The molecule has 0 radical (unpaired) electrons. The highest BCUT2D eigenvalue weighted by Crippen LogP contribution is 2.14. The Morgan fingerprint density at radius 1 is 0.552 bits per heavy atom. The number of esters is 1. The van der Waals surface area contributed by atoms with Crippen LogP contribution in [-0.2, 0) is 9.53 Å². The fraction of sp³-hybridized carbons (Fsp3) is 0.889. The molecule has 0 unspecified atom stereocenters. The Morgan fingerprint density at radius 3 is 1.28 bits per heavy atom. The van der Waals surface area contributed by atoms with Crippen LogP contribution < -0.4 is 0 Å². The van der Waals surface area contributed by atoms with Crippen molar-refractivity contribution >= 4 is 5.97 Å². The van der Waals surface area contributed by atoms with Gasteiger partial charge in [-0.05, 0) is 32.1 Å². The summed E-state index contributed by atoms with van der Waals surface area (Å²) in [6.45, 7) is 2.28. The Bertz CT molecular complexity index is 348. The number of methoxy groups -OCH3 is 1. The molecule has 0 aliphatic rings. The van der Waals surface area contributed by atoms with Gasteiger partial charge in [-0.2, -0.15) is 0 Å². The lowest BCUT2D eigenvalue weighted by atomic mass is 10.0. The van der Waals surface area contributed by atoms with Crippen molar-refractivity contribution in [1.29, 1.82) is 0 Å². The molecule has 0 saturated heterocycles. The lowest BCUT2D eigenvalue weighted by Crippen LogP contribution is -1.99. The summed E-state index contributed by atoms with van der Waals surface area (Å²) in [6.07, 6.45) is 33.8. The molecule has 0 aliphatic heterocycles. The van der Waals surface area contributed by atoms with Crippen molar-refractivity contribution in [2.75, 3.05) is 7.11 Å². The summed E-state index contributed by atoms with van der Waals surface area (Å²) in [5, 5.41) is 0. The van der Waals surface area contributed by atoms with Crippen molar-refractivity contribution in [3.8, 4) is 0 Å². The second-order valence-corrected chi connectivity index (χ2v) is 8.74. The third kappa shape index (κ3) is 25.2. The normalized spacial score (nSPS) is 11.4. The van der Waals surface area contributed by atoms with Gasteiger partial charge >= 0.3 is 5.97 Å². The van der Waals surface area contributed by atoms with E-state index in [-0.39, 0.29) is 5.97 Å². The molecule has 0 aromatic heterocycles. The highest BCUT2D eigenvalue weighted by Gasteiger charge is 1.99. The van der Waals surface area contributed by atoms with E-state index in [4.69, 9.17) is 0 Å². The number of hydrogen-bond acceptors (Lipinski definition) is 2. The molecule has 0 rings (SSSR count). The monoisotopic (exact) mass is 408 g/mol. The van der Waals surface area contributed by atoms with Crippen molar-refractivity contribution in [2.45, 2.75) is 148 Å². The number of carbonyl (C=O) groups excluding carboxylic acids is 1. The first-order chi connectivity index (χ1) is 14.3. The molecule has 0 heterocycles. The van der Waals surface area contributed by atoms with Gasteiger partial charge in [0.15, 0.2) is 0 Å². The number of carbonyl (C=O) groups is 1. The molecule has 0 spiro atoms. The number of allylic oxidation sites excluding steroid dienone is 2. The first-order valence-electron chi connectivity index (χ1n) is 13.0. The predicted octanol–water partition coefficient (Wildman–Crippen LogP) is 9.32. The highest BCUT2D eigenvalue weighted by molar-refractivity contribution is 5.68. The van der Waals surface area contributed by atoms with E-state index in [0.717, 1.165) is 6.42 Å². The standard InChI is InChI=1S/C27H52O2/c1-3-4-5-6-7-8-9-10-11-12-13-14-15-16-17-18-19-20-21-22-23-24-25-26-27(28)29-2/h10-11H,3-9,12-26H2,1-2H3. The minimum Gasteiger partial charge on any atom is -0.469 e. The minimum absolute atomic E-state index is 0.0648. The van der Waals surface area contributed by atoms with Crippen LogP contribution in [0.2, 0.25) is 0 Å². The topological polar surface area (TPSA) is 26.3 Å². The molecule has 0 atom stereocenters. The lowest BCUT2D eigenvalue weighted by molar-refractivity contribution is -0.140. The predicted molar refractivity (Wildman–Crippen MR) is 128 cm³/mol. The molecule has 2 nitrogen and oxygen atoms in total. The lowest BCUT2D eigenvalue weighted by Gasteiger charge is -2.03. The second-order valence-electron chi connectivity index (χ2n) is 8.74. The molecule has 172 valence electrons. The summed E-state index contributed by atoms with van der Waals surface area (Å²) < 4.78 is 4.66. The van der Waals surface area contributed by atoms with Gasteiger partial charge in [0, 0.05) is 6.42 Å². The average molecular weight is 409 g/mol. The summed E-state index contributed by atoms with van der Waals surface area (Å²) in [4.78, 5) is 11.0. The molecule has 0 bridgehead atoms. The maximum absolute atomic E-state index is 11.0. The summed E-state index contributed by atoms with van der Waals surface area (Å²) in [7, 11) is 1.47. The van der Waals surface area contributed by atoms with E-state index in [1.165, 1.54) is 136 Å². The quantitative estimate of drug-likeness (QED) is 0.0956. The van der Waals surface area contributed by atoms with Crippen molar-refractivity contribution in [3.63, 3.8) is 0 Å². The molecule has 0 fully saturated rings. The Balaban J connectivity index is 3.08. The van der Waals surface area contributed by atoms with Gasteiger partial charge in [0.1, 0.15) is 0 Å². The SMILES string of the molecule is CCCCCCCCC=CCCCCCCCCCCCCCCCC(=O)OC. The van der Waals surface area contributed by atoms with Gasteiger partial charge in [-0.15, -0.1) is 0 Å². The number of hydrogen-bond donors (Lipinski definition) is 0. The summed E-state index contributed by atoms with van der Waals surface area (Å²) >= 11 is 0. The van der Waals surface area contributed by atoms with Crippen molar-refractivity contribution < 1.29 is 9.53 Å². The van der Waals surface area contributed by atoms with Crippen molar-refractivity contribution in [2.24, 2.45) is 0 Å². The number of unbranched alkanes of at least 4 members (excludes halogenated alkanes) is 19. The van der Waals surface area contributed by atoms with Crippen molar-refractivity contribution in [1.82, 2.24) is 0 Å². The van der Waals surface area contributed by atoms with E-state index in [9.17, 15) is 4.79 Å². The van der Waals surface area contributed by atoms with Crippen LogP contribution in [-0.4, -0.2) is 13.1 Å². The largest absolute Gasteiger partial charge is 0.469 e. The zero-order chi connectivity index (χ0) is 21.3. The van der Waals surface area contributed by atoms with E-state index < -0.39 is 0 Å². The second kappa shape index (κ2) is 25.2. The van der Waals surface area contributed by atoms with Crippen LogP contribution >= 0.6 is 0 Å². The van der Waals surface area contributed by atoms with Gasteiger partial charge in [0.2, 0.25) is 0 Å². The average Bonchev–Trinajstić information content (AvgIpc) is 2.74. The van der Waals surface area contributed by atoms with Gasteiger partial charge in [0.25, 0.3) is 0 Å². The van der Waals surface area contributed by atoms with Crippen LogP contribution in [0.15, 0.2) is 12.2 Å². The van der Waals surface area contributed by atoms with Crippen LogP contribution in [0.4, 0.5) is 0 Å². The fourth-order valence-corrected chi connectivity index (χ4v) is 3.86. The smallest absolute Gasteiger partial charge is 0.305 e. The first kappa shape index (κ1) is 28.2. The zero-order valence-electron chi connectivity index (χ0n) is 20.0. The van der Waals surface area contributed by atoms with E-state index >= 15 is 0 Å². The molecule has 0 N–H and O–H groups in total. The minimum atomic E-state index is -0.0648. The Hall–Kier alpha value is -0.790. The molecular weight excluding hydrogens is 356 g/mol. The number of ether oxygens (including phenoxy) is 1. The van der Waals surface area contributed by atoms with Crippen LogP contribution in [0.3, 0.4) is 0 Å². The van der Waals surface area contributed by atoms with Gasteiger partial charge in [-0.1, -0.05) is 122 Å². The maximum Gasteiger partial charge on any atom is 0.305 e.